The molecule has 0 aliphatic carbocycles. The van der Waals surface area contributed by atoms with Crippen molar-refractivity contribution < 1.29 is 24.2 Å². The number of nitrogens with one attached hydrogen (secondary N) is 1. The molecule has 0 saturated heterocycles. The van der Waals surface area contributed by atoms with Gasteiger partial charge in [0.1, 0.15) is 11.3 Å². The molecule has 0 bridgehead atoms. The lowest BCUT2D eigenvalue weighted by molar-refractivity contribution is -0.114. The minimum atomic E-state index is -0.740. The average Bonchev–Trinajstić information content (AvgIpc) is 2.58. The Bertz CT molecular complexity index is 757. The van der Waals surface area contributed by atoms with Gasteiger partial charge < -0.3 is 19.9 Å². The van der Waals surface area contributed by atoms with Gasteiger partial charge in [0.2, 0.25) is 5.91 Å². The molecule has 2 aromatic rings. The molecule has 0 saturated carbocycles. The fraction of sp³-hybridized carbons (Fsp3) is 0.263. The number of amides is 1. The summed E-state index contributed by atoms with van der Waals surface area (Å²) < 4.78 is 11.0. The summed E-state index contributed by atoms with van der Waals surface area (Å²) in [5.41, 5.74) is 0.347. The van der Waals surface area contributed by atoms with E-state index >= 15 is 0 Å². The Morgan fingerprint density at radius 1 is 1.12 bits per heavy atom. The van der Waals surface area contributed by atoms with E-state index < -0.39 is 5.97 Å². The Hall–Kier alpha value is -3.02. The normalized spacial score (nSPS) is 10.2. The maximum Gasteiger partial charge on any atom is 0.347 e. The van der Waals surface area contributed by atoms with E-state index in [-0.39, 0.29) is 23.0 Å². The van der Waals surface area contributed by atoms with Crippen LogP contribution in [0.4, 0.5) is 5.69 Å². The molecule has 2 aromatic carbocycles. The van der Waals surface area contributed by atoms with Gasteiger partial charge in [-0.2, -0.15) is 0 Å². The summed E-state index contributed by atoms with van der Waals surface area (Å²) in [6, 6.07) is 11.0. The van der Waals surface area contributed by atoms with Gasteiger partial charge in [-0.05, 0) is 36.8 Å². The minimum Gasteiger partial charge on any atom is -0.507 e. The van der Waals surface area contributed by atoms with Gasteiger partial charge >= 0.3 is 5.97 Å². The molecule has 0 radical (unpaired) electrons. The Morgan fingerprint density at radius 2 is 1.84 bits per heavy atom. The summed E-state index contributed by atoms with van der Waals surface area (Å²) in [6.07, 6.45) is 1.88. The lowest BCUT2D eigenvalue weighted by atomic mass is 10.1. The van der Waals surface area contributed by atoms with Crippen LogP contribution in [0.15, 0.2) is 42.5 Å². The summed E-state index contributed by atoms with van der Waals surface area (Å²) in [7, 11) is 0. The number of unbranched alkanes of at least 4 members (excludes halogenated alkanes) is 1. The van der Waals surface area contributed by atoms with Crippen LogP contribution in [0.3, 0.4) is 0 Å². The van der Waals surface area contributed by atoms with Crippen LogP contribution >= 0.6 is 0 Å². The summed E-state index contributed by atoms with van der Waals surface area (Å²) in [5.74, 6) is -0.519. The third kappa shape index (κ3) is 5.24. The van der Waals surface area contributed by atoms with Gasteiger partial charge in [-0.3, -0.25) is 4.79 Å². The van der Waals surface area contributed by atoms with Crippen molar-refractivity contribution >= 4 is 17.6 Å². The third-order valence-corrected chi connectivity index (χ3v) is 3.34. The van der Waals surface area contributed by atoms with Gasteiger partial charge in [-0.1, -0.05) is 25.5 Å². The molecule has 0 aliphatic rings. The first kappa shape index (κ1) is 18.3. The zero-order valence-corrected chi connectivity index (χ0v) is 14.2. The maximum atomic E-state index is 12.4. The zero-order valence-electron chi connectivity index (χ0n) is 14.2. The molecule has 0 fully saturated rings. The molecule has 0 atom stereocenters. The average molecular weight is 343 g/mol. The van der Waals surface area contributed by atoms with Crippen molar-refractivity contribution in [3.63, 3.8) is 0 Å². The monoisotopic (exact) mass is 343 g/mol. The van der Waals surface area contributed by atoms with Crippen LogP contribution in [-0.2, 0) is 4.79 Å². The van der Waals surface area contributed by atoms with E-state index in [1.165, 1.54) is 25.1 Å². The van der Waals surface area contributed by atoms with Crippen molar-refractivity contribution in [3.8, 4) is 17.2 Å². The third-order valence-electron chi connectivity index (χ3n) is 3.34. The van der Waals surface area contributed by atoms with Crippen LogP contribution in [0.5, 0.6) is 17.2 Å². The van der Waals surface area contributed by atoms with Gasteiger partial charge in [-0.15, -0.1) is 0 Å². The number of para-hydroxylation sites is 2. The first-order chi connectivity index (χ1) is 12.0. The largest absolute Gasteiger partial charge is 0.507 e. The first-order valence-electron chi connectivity index (χ1n) is 8.06. The maximum absolute atomic E-state index is 12.4. The highest BCUT2D eigenvalue weighted by atomic mass is 16.6. The second kappa shape index (κ2) is 8.73. The van der Waals surface area contributed by atoms with Crippen molar-refractivity contribution in [2.45, 2.75) is 26.7 Å². The summed E-state index contributed by atoms with van der Waals surface area (Å²) >= 11 is 0. The molecule has 132 valence electrons. The fourth-order valence-electron chi connectivity index (χ4n) is 2.12. The number of esters is 1. The Labute approximate surface area is 146 Å². The summed E-state index contributed by atoms with van der Waals surface area (Å²) in [4.78, 5) is 23.5. The van der Waals surface area contributed by atoms with Crippen LogP contribution in [0.25, 0.3) is 0 Å². The minimum absolute atomic E-state index is 0.0467. The van der Waals surface area contributed by atoms with Crippen LogP contribution in [0.2, 0.25) is 0 Å². The predicted molar refractivity (Wildman–Crippen MR) is 94.2 cm³/mol. The number of phenols is 1. The van der Waals surface area contributed by atoms with Gasteiger partial charge in [0.25, 0.3) is 0 Å². The lowest BCUT2D eigenvalue weighted by Crippen LogP contribution is -2.12. The molecule has 2 rings (SSSR count). The van der Waals surface area contributed by atoms with Crippen molar-refractivity contribution in [2.75, 3.05) is 11.9 Å². The van der Waals surface area contributed by atoms with E-state index in [4.69, 9.17) is 9.47 Å². The van der Waals surface area contributed by atoms with Gasteiger partial charge in [0, 0.05) is 12.6 Å². The van der Waals surface area contributed by atoms with Crippen LogP contribution < -0.4 is 14.8 Å². The van der Waals surface area contributed by atoms with Crippen molar-refractivity contribution in [1.82, 2.24) is 0 Å². The standard InChI is InChI=1S/C19H21NO5/c1-3-4-11-24-17-7-5-6-8-18(17)25-19(23)15-12-14(20-13(2)21)9-10-16(15)22/h5-10,12,22H,3-4,11H2,1-2H3,(H,20,21). The highest BCUT2D eigenvalue weighted by Gasteiger charge is 2.17. The topological polar surface area (TPSA) is 84.9 Å². The van der Waals surface area contributed by atoms with E-state index in [1.54, 1.807) is 24.3 Å². The molecule has 6 heteroatoms. The van der Waals surface area contributed by atoms with Crippen molar-refractivity contribution in [3.05, 3.63) is 48.0 Å². The number of anilines is 1. The van der Waals surface area contributed by atoms with Crippen LogP contribution in [0, 0.1) is 0 Å². The van der Waals surface area contributed by atoms with E-state index in [2.05, 4.69) is 12.2 Å². The number of phenolic OH excluding ortho intramolecular Hbond substituents is 1. The van der Waals surface area contributed by atoms with Gasteiger partial charge in [-0.25, -0.2) is 4.79 Å². The molecule has 0 unspecified atom stereocenters. The highest BCUT2D eigenvalue weighted by molar-refractivity contribution is 5.97. The molecule has 2 N–H and O–H groups in total. The molecule has 0 spiro atoms. The second-order valence-corrected chi connectivity index (χ2v) is 5.45. The van der Waals surface area contributed by atoms with Gasteiger partial charge in [0.05, 0.1) is 6.61 Å². The number of hydrogen-bond donors (Lipinski definition) is 2. The molecular weight excluding hydrogens is 322 g/mol. The number of carbonyl (C=O) groups excluding carboxylic acids is 2. The number of hydrogen-bond acceptors (Lipinski definition) is 5. The molecule has 6 nitrogen and oxygen atoms in total. The fourth-order valence-corrected chi connectivity index (χ4v) is 2.12. The number of rotatable bonds is 7. The molecule has 25 heavy (non-hydrogen) atoms. The summed E-state index contributed by atoms with van der Waals surface area (Å²) in [5, 5.41) is 12.5. The summed E-state index contributed by atoms with van der Waals surface area (Å²) in [6.45, 7) is 3.93. The number of aromatic hydroxyl groups is 1. The van der Waals surface area contributed by atoms with E-state index in [0.29, 0.717) is 18.0 Å². The van der Waals surface area contributed by atoms with Crippen molar-refractivity contribution in [2.24, 2.45) is 0 Å². The van der Waals surface area contributed by atoms with E-state index in [9.17, 15) is 14.7 Å². The van der Waals surface area contributed by atoms with E-state index in [0.717, 1.165) is 12.8 Å². The van der Waals surface area contributed by atoms with Crippen molar-refractivity contribution in [1.29, 1.82) is 0 Å². The Balaban J connectivity index is 2.18. The second-order valence-electron chi connectivity index (χ2n) is 5.45. The predicted octanol–water partition coefficient (Wildman–Crippen LogP) is 3.75. The van der Waals surface area contributed by atoms with Crippen LogP contribution in [-0.4, -0.2) is 23.6 Å². The highest BCUT2D eigenvalue weighted by Crippen LogP contribution is 2.29. The zero-order chi connectivity index (χ0) is 18.2. The first-order valence-corrected chi connectivity index (χ1v) is 8.06. The molecule has 0 aliphatic heterocycles. The Kier molecular flexibility index (Phi) is 6.39. The number of ether oxygens (including phenoxy) is 2. The number of benzene rings is 2. The van der Waals surface area contributed by atoms with E-state index in [1.807, 2.05) is 0 Å². The number of carbonyl (C=O) groups is 2. The molecule has 0 aromatic heterocycles. The molecule has 0 heterocycles. The SMILES string of the molecule is CCCCOc1ccccc1OC(=O)c1cc(NC(C)=O)ccc1O. The van der Waals surface area contributed by atoms with Gasteiger partial charge in [0.15, 0.2) is 11.5 Å². The Morgan fingerprint density at radius 3 is 2.52 bits per heavy atom. The quantitative estimate of drug-likeness (QED) is 0.346. The van der Waals surface area contributed by atoms with Crippen LogP contribution in [0.1, 0.15) is 37.0 Å². The molecule has 1 amide bonds. The lowest BCUT2D eigenvalue weighted by Gasteiger charge is -2.12. The smallest absolute Gasteiger partial charge is 0.347 e. The molecular formula is C19H21NO5.